The van der Waals surface area contributed by atoms with Gasteiger partial charge in [-0.15, -0.1) is 0 Å². The van der Waals surface area contributed by atoms with Crippen LogP contribution >= 0.6 is 0 Å². The normalized spacial score (nSPS) is 16.7. The van der Waals surface area contributed by atoms with Crippen molar-refractivity contribution >= 4 is 16.9 Å². The molecule has 0 aliphatic carbocycles. The largest absolute Gasteiger partial charge is 0.477 e. The fraction of sp³-hybridized carbons (Fsp3) is 0.318. The van der Waals surface area contributed by atoms with Crippen LogP contribution < -0.4 is 5.32 Å². The number of carbonyl (C=O) groups is 1. The molecule has 0 saturated carbocycles. The van der Waals surface area contributed by atoms with E-state index in [-0.39, 0.29) is 24.2 Å². The molecule has 1 aliphatic rings. The highest BCUT2D eigenvalue weighted by Gasteiger charge is 2.23. The third-order valence-electron chi connectivity index (χ3n) is 5.26. The van der Waals surface area contributed by atoms with E-state index in [1.807, 2.05) is 24.3 Å². The van der Waals surface area contributed by atoms with Gasteiger partial charge in [0.15, 0.2) is 0 Å². The van der Waals surface area contributed by atoms with Crippen LogP contribution in [0, 0.1) is 5.82 Å². The van der Waals surface area contributed by atoms with Crippen molar-refractivity contribution in [3.05, 3.63) is 71.2 Å². The van der Waals surface area contributed by atoms with E-state index in [0.717, 1.165) is 35.9 Å². The first-order chi connectivity index (χ1) is 13.6. The predicted octanol–water partition coefficient (Wildman–Crippen LogP) is 3.80. The second kappa shape index (κ2) is 8.12. The van der Waals surface area contributed by atoms with E-state index in [9.17, 15) is 14.3 Å². The molecule has 0 amide bonds. The molecule has 1 aromatic heterocycles. The lowest BCUT2D eigenvalue weighted by molar-refractivity contribution is 0.0684. The Labute approximate surface area is 162 Å². The minimum absolute atomic E-state index is 0.167. The van der Waals surface area contributed by atoms with Crippen LogP contribution in [-0.2, 0) is 17.8 Å². The summed E-state index contributed by atoms with van der Waals surface area (Å²) in [4.78, 5) is 12.1. The molecule has 0 radical (unpaired) electrons. The number of hydrogen-bond acceptors (Lipinski definition) is 3. The maximum atomic E-state index is 14.2. The number of ether oxygens (including phenoxy) is 1. The van der Waals surface area contributed by atoms with Crippen LogP contribution in [0.5, 0.6) is 0 Å². The molecule has 2 N–H and O–H groups in total. The van der Waals surface area contributed by atoms with Crippen molar-refractivity contribution in [2.24, 2.45) is 0 Å². The number of fused-ring (bicyclic) bond motifs is 1. The number of halogens is 1. The Kier molecular flexibility index (Phi) is 5.41. The van der Waals surface area contributed by atoms with Gasteiger partial charge in [-0.1, -0.05) is 36.4 Å². The zero-order valence-corrected chi connectivity index (χ0v) is 15.5. The third kappa shape index (κ3) is 3.66. The molecular weight excluding hydrogens is 359 g/mol. The van der Waals surface area contributed by atoms with Crippen molar-refractivity contribution in [3.8, 4) is 0 Å². The van der Waals surface area contributed by atoms with Crippen molar-refractivity contribution in [1.82, 2.24) is 9.88 Å². The molecule has 2 heterocycles. The third-order valence-corrected chi connectivity index (χ3v) is 5.26. The topological polar surface area (TPSA) is 63.5 Å². The van der Waals surface area contributed by atoms with Crippen molar-refractivity contribution in [1.29, 1.82) is 0 Å². The van der Waals surface area contributed by atoms with Crippen LogP contribution in [0.3, 0.4) is 0 Å². The Bertz CT molecular complexity index is 993. The van der Waals surface area contributed by atoms with Gasteiger partial charge in [-0.2, -0.15) is 0 Å². The molecule has 4 rings (SSSR count). The van der Waals surface area contributed by atoms with Crippen LogP contribution in [0.25, 0.3) is 10.9 Å². The highest BCUT2D eigenvalue weighted by molar-refractivity contribution is 5.98. The molecule has 1 atom stereocenters. The van der Waals surface area contributed by atoms with E-state index < -0.39 is 5.97 Å². The van der Waals surface area contributed by atoms with Crippen molar-refractivity contribution in [3.63, 3.8) is 0 Å². The lowest BCUT2D eigenvalue weighted by atomic mass is 10.1. The molecule has 1 fully saturated rings. The number of aromatic nitrogens is 1. The average molecular weight is 382 g/mol. The van der Waals surface area contributed by atoms with Crippen LogP contribution in [-0.4, -0.2) is 34.9 Å². The number of hydrogen-bond donors (Lipinski definition) is 2. The Morgan fingerprint density at radius 2 is 2.00 bits per heavy atom. The van der Waals surface area contributed by atoms with Crippen LogP contribution in [0.2, 0.25) is 0 Å². The number of para-hydroxylation sites is 1. The maximum Gasteiger partial charge on any atom is 0.352 e. The minimum Gasteiger partial charge on any atom is -0.477 e. The molecule has 0 spiro atoms. The highest BCUT2D eigenvalue weighted by atomic mass is 19.1. The summed E-state index contributed by atoms with van der Waals surface area (Å²) in [6.45, 7) is 2.06. The Morgan fingerprint density at radius 1 is 1.21 bits per heavy atom. The van der Waals surface area contributed by atoms with Crippen LogP contribution in [0.1, 0.15) is 34.5 Å². The summed E-state index contributed by atoms with van der Waals surface area (Å²) >= 11 is 0. The number of benzene rings is 2. The Balaban J connectivity index is 1.70. The number of carboxylic acids is 1. The highest BCUT2D eigenvalue weighted by Crippen LogP contribution is 2.28. The Morgan fingerprint density at radius 3 is 2.75 bits per heavy atom. The first-order valence-corrected chi connectivity index (χ1v) is 9.54. The smallest absolute Gasteiger partial charge is 0.352 e. The molecular formula is C22H23FN2O3. The van der Waals surface area contributed by atoms with E-state index >= 15 is 0 Å². The summed E-state index contributed by atoms with van der Waals surface area (Å²) in [6.07, 6.45) is 2.27. The molecule has 3 aromatic rings. The summed E-state index contributed by atoms with van der Waals surface area (Å²) in [5.74, 6) is -1.35. The second-order valence-corrected chi connectivity index (χ2v) is 7.09. The Hall–Kier alpha value is -2.70. The maximum absolute atomic E-state index is 14.2. The van der Waals surface area contributed by atoms with E-state index in [1.165, 1.54) is 6.07 Å². The van der Waals surface area contributed by atoms with Gasteiger partial charge >= 0.3 is 5.97 Å². The SMILES string of the molecule is O=C(O)c1c(CNC[C@@H]2CCCO2)c2ccccc2n1Cc1ccccc1F. The second-order valence-electron chi connectivity index (χ2n) is 7.09. The van der Waals surface area contributed by atoms with Gasteiger partial charge < -0.3 is 19.7 Å². The average Bonchev–Trinajstić information content (AvgIpc) is 3.31. The molecule has 2 aromatic carbocycles. The number of aromatic carboxylic acids is 1. The summed E-state index contributed by atoms with van der Waals surface area (Å²) in [5, 5.41) is 14.2. The van der Waals surface area contributed by atoms with Crippen molar-refractivity contribution in [2.45, 2.75) is 32.0 Å². The van der Waals surface area contributed by atoms with Gasteiger partial charge in [0.2, 0.25) is 0 Å². The number of carboxylic acid groups (broad SMARTS) is 1. The van der Waals surface area contributed by atoms with Crippen LogP contribution in [0.15, 0.2) is 48.5 Å². The van der Waals surface area contributed by atoms with Gasteiger partial charge in [0.1, 0.15) is 11.5 Å². The van der Waals surface area contributed by atoms with E-state index in [2.05, 4.69) is 5.32 Å². The first kappa shape index (κ1) is 18.7. The zero-order chi connectivity index (χ0) is 19.5. The molecule has 6 heteroatoms. The number of nitrogens with one attached hydrogen (secondary N) is 1. The summed E-state index contributed by atoms with van der Waals surface area (Å²) in [7, 11) is 0. The molecule has 1 saturated heterocycles. The van der Waals surface area contributed by atoms with E-state index in [4.69, 9.17) is 4.74 Å². The molecule has 1 aliphatic heterocycles. The monoisotopic (exact) mass is 382 g/mol. The van der Waals surface area contributed by atoms with E-state index in [0.29, 0.717) is 18.7 Å². The van der Waals surface area contributed by atoms with Crippen molar-refractivity contribution < 1.29 is 19.0 Å². The van der Waals surface area contributed by atoms with Crippen molar-refractivity contribution in [2.75, 3.05) is 13.2 Å². The van der Waals surface area contributed by atoms with Gasteiger partial charge in [-0.3, -0.25) is 0 Å². The lowest BCUT2D eigenvalue weighted by Crippen LogP contribution is -2.26. The van der Waals surface area contributed by atoms with Crippen LogP contribution in [0.4, 0.5) is 4.39 Å². The van der Waals surface area contributed by atoms with Gasteiger partial charge in [0.05, 0.1) is 12.6 Å². The van der Waals surface area contributed by atoms with Gasteiger partial charge in [0, 0.05) is 41.7 Å². The standard InChI is InChI=1S/C22H23FN2O3/c23-19-9-3-1-6-15(19)14-25-20-10-4-2-8-17(20)18(21(25)22(26)27)13-24-12-16-7-5-11-28-16/h1-4,6,8-10,16,24H,5,7,11-14H2,(H,26,27)/t16-/m0/s1. The fourth-order valence-corrected chi connectivity index (χ4v) is 3.92. The van der Waals surface area contributed by atoms with Gasteiger partial charge in [-0.05, 0) is 25.0 Å². The summed E-state index contributed by atoms with van der Waals surface area (Å²) in [6, 6.07) is 14.0. The minimum atomic E-state index is -1.01. The number of nitrogens with zero attached hydrogens (tertiary/aromatic N) is 1. The zero-order valence-electron chi connectivity index (χ0n) is 15.5. The summed E-state index contributed by atoms with van der Waals surface area (Å²) < 4.78 is 21.5. The quantitative estimate of drug-likeness (QED) is 0.653. The molecule has 0 bridgehead atoms. The molecule has 28 heavy (non-hydrogen) atoms. The lowest BCUT2D eigenvalue weighted by Gasteiger charge is -2.12. The molecule has 5 nitrogen and oxygen atoms in total. The molecule has 146 valence electrons. The van der Waals surface area contributed by atoms with E-state index in [1.54, 1.807) is 22.8 Å². The fourth-order valence-electron chi connectivity index (χ4n) is 3.92. The van der Waals surface area contributed by atoms with Gasteiger partial charge in [0.25, 0.3) is 0 Å². The number of rotatable bonds is 7. The predicted molar refractivity (Wildman–Crippen MR) is 105 cm³/mol. The molecule has 0 unspecified atom stereocenters. The van der Waals surface area contributed by atoms with Gasteiger partial charge in [-0.25, -0.2) is 9.18 Å². The summed E-state index contributed by atoms with van der Waals surface area (Å²) in [5.41, 5.74) is 2.17. The first-order valence-electron chi connectivity index (χ1n) is 9.54.